The molecule has 1 unspecified atom stereocenters. The van der Waals surface area contributed by atoms with Crippen LogP contribution in [0.3, 0.4) is 0 Å². The predicted octanol–water partition coefficient (Wildman–Crippen LogP) is 3.55. The van der Waals surface area contributed by atoms with Gasteiger partial charge in [0.1, 0.15) is 5.75 Å². The maximum absolute atomic E-state index is 10.6. The van der Waals surface area contributed by atoms with Crippen molar-refractivity contribution in [3.05, 3.63) is 58.4 Å². The Kier molecular flexibility index (Phi) is 4.97. The molecule has 0 bridgehead atoms. The topological polar surface area (TPSA) is 42.4 Å². The lowest BCUT2D eigenvalue weighted by Crippen LogP contribution is -2.08. The van der Waals surface area contributed by atoms with Gasteiger partial charge in [-0.3, -0.25) is 4.98 Å². The smallest absolute Gasteiger partial charge is 0.128 e. The molecule has 1 heterocycles. The van der Waals surface area contributed by atoms with Crippen LogP contribution in [0.5, 0.6) is 5.75 Å². The first-order valence-electron chi connectivity index (χ1n) is 7.33. The third kappa shape index (κ3) is 3.24. The molecule has 0 saturated heterocycles. The van der Waals surface area contributed by atoms with E-state index in [1.54, 1.807) is 13.3 Å². The summed E-state index contributed by atoms with van der Waals surface area (Å²) in [5, 5.41) is 10.6. The standard InChI is InChI=1S/C18H23NO2/c1-5-14-8-6-7-9-15(14)17(20)10-16-13(3)18(21-4)12(2)11-19-16/h6-9,11,17,20H,5,10H2,1-4H3. The summed E-state index contributed by atoms with van der Waals surface area (Å²) in [6.45, 7) is 6.07. The molecule has 0 aliphatic carbocycles. The number of hydrogen-bond donors (Lipinski definition) is 1. The molecule has 1 aromatic heterocycles. The van der Waals surface area contributed by atoms with Crippen molar-refractivity contribution in [3.63, 3.8) is 0 Å². The van der Waals surface area contributed by atoms with E-state index in [4.69, 9.17) is 4.74 Å². The molecule has 1 atom stereocenters. The molecular formula is C18H23NO2. The maximum atomic E-state index is 10.6. The van der Waals surface area contributed by atoms with Crippen LogP contribution < -0.4 is 4.74 Å². The van der Waals surface area contributed by atoms with Gasteiger partial charge in [-0.05, 0) is 31.4 Å². The number of benzene rings is 1. The number of rotatable bonds is 5. The Morgan fingerprint density at radius 2 is 1.95 bits per heavy atom. The van der Waals surface area contributed by atoms with Gasteiger partial charge in [0.15, 0.2) is 0 Å². The maximum Gasteiger partial charge on any atom is 0.128 e. The highest BCUT2D eigenvalue weighted by Gasteiger charge is 2.16. The van der Waals surface area contributed by atoms with Crippen molar-refractivity contribution in [1.82, 2.24) is 4.98 Å². The van der Waals surface area contributed by atoms with Crippen LogP contribution in [0.1, 0.15) is 41.0 Å². The minimum absolute atomic E-state index is 0.499. The Bertz CT molecular complexity index is 623. The number of nitrogens with zero attached hydrogens (tertiary/aromatic N) is 1. The molecule has 0 amide bonds. The zero-order valence-corrected chi connectivity index (χ0v) is 13.2. The molecule has 1 N–H and O–H groups in total. The summed E-state index contributed by atoms with van der Waals surface area (Å²) in [6, 6.07) is 8.03. The van der Waals surface area contributed by atoms with E-state index in [2.05, 4.69) is 18.0 Å². The Morgan fingerprint density at radius 1 is 1.24 bits per heavy atom. The highest BCUT2D eigenvalue weighted by molar-refractivity contribution is 5.42. The highest BCUT2D eigenvalue weighted by Crippen LogP contribution is 2.28. The minimum atomic E-state index is -0.542. The molecular weight excluding hydrogens is 262 g/mol. The average molecular weight is 285 g/mol. The number of hydrogen-bond acceptors (Lipinski definition) is 3. The van der Waals surface area contributed by atoms with E-state index in [0.29, 0.717) is 6.42 Å². The van der Waals surface area contributed by atoms with Crippen LogP contribution >= 0.6 is 0 Å². The van der Waals surface area contributed by atoms with Gasteiger partial charge >= 0.3 is 0 Å². The van der Waals surface area contributed by atoms with E-state index < -0.39 is 6.10 Å². The molecule has 2 rings (SSSR count). The molecule has 0 aliphatic heterocycles. The number of aliphatic hydroxyl groups is 1. The van der Waals surface area contributed by atoms with Gasteiger partial charge < -0.3 is 9.84 Å². The van der Waals surface area contributed by atoms with Gasteiger partial charge in [-0.2, -0.15) is 0 Å². The van der Waals surface area contributed by atoms with Gasteiger partial charge in [0.05, 0.1) is 13.2 Å². The monoisotopic (exact) mass is 285 g/mol. The summed E-state index contributed by atoms with van der Waals surface area (Å²) in [7, 11) is 1.67. The Morgan fingerprint density at radius 3 is 2.62 bits per heavy atom. The van der Waals surface area contributed by atoms with Crippen LogP contribution in [0.25, 0.3) is 0 Å². The first-order valence-corrected chi connectivity index (χ1v) is 7.33. The second-order valence-electron chi connectivity index (χ2n) is 5.32. The summed E-state index contributed by atoms with van der Waals surface area (Å²) in [4.78, 5) is 4.47. The Balaban J connectivity index is 2.30. The zero-order valence-electron chi connectivity index (χ0n) is 13.2. The van der Waals surface area contributed by atoms with Crippen LogP contribution in [0.2, 0.25) is 0 Å². The van der Waals surface area contributed by atoms with Gasteiger partial charge in [0.25, 0.3) is 0 Å². The number of ether oxygens (including phenoxy) is 1. The van der Waals surface area contributed by atoms with Crippen molar-refractivity contribution in [3.8, 4) is 5.75 Å². The normalized spacial score (nSPS) is 12.2. The summed E-state index contributed by atoms with van der Waals surface area (Å²) >= 11 is 0. The summed E-state index contributed by atoms with van der Waals surface area (Å²) in [5.74, 6) is 0.857. The zero-order chi connectivity index (χ0) is 15.4. The van der Waals surface area contributed by atoms with Crippen LogP contribution in [-0.4, -0.2) is 17.2 Å². The number of methoxy groups -OCH3 is 1. The van der Waals surface area contributed by atoms with E-state index in [1.807, 2.05) is 32.0 Å². The average Bonchev–Trinajstić information content (AvgIpc) is 2.50. The third-order valence-corrected chi connectivity index (χ3v) is 3.93. The van der Waals surface area contributed by atoms with Crippen molar-refractivity contribution < 1.29 is 9.84 Å². The van der Waals surface area contributed by atoms with E-state index in [0.717, 1.165) is 34.6 Å². The first-order chi connectivity index (χ1) is 10.1. The predicted molar refractivity (Wildman–Crippen MR) is 84.7 cm³/mol. The van der Waals surface area contributed by atoms with Gasteiger partial charge in [-0.25, -0.2) is 0 Å². The molecule has 0 saturated carbocycles. The van der Waals surface area contributed by atoms with Crippen molar-refractivity contribution in [1.29, 1.82) is 0 Å². The van der Waals surface area contributed by atoms with Gasteiger partial charge in [0, 0.05) is 29.4 Å². The van der Waals surface area contributed by atoms with E-state index in [1.165, 1.54) is 5.56 Å². The molecule has 0 spiro atoms. The lowest BCUT2D eigenvalue weighted by molar-refractivity contribution is 0.176. The molecule has 112 valence electrons. The molecule has 2 aromatic rings. The molecule has 0 aliphatic rings. The first kappa shape index (κ1) is 15.5. The fraction of sp³-hybridized carbons (Fsp3) is 0.389. The van der Waals surface area contributed by atoms with Crippen molar-refractivity contribution in [2.45, 2.75) is 39.7 Å². The SMILES string of the molecule is CCc1ccccc1C(O)Cc1ncc(C)c(OC)c1C. The minimum Gasteiger partial charge on any atom is -0.496 e. The van der Waals surface area contributed by atoms with Crippen molar-refractivity contribution in [2.75, 3.05) is 7.11 Å². The number of pyridine rings is 1. The third-order valence-electron chi connectivity index (χ3n) is 3.93. The largest absolute Gasteiger partial charge is 0.496 e. The summed E-state index contributed by atoms with van der Waals surface area (Å²) < 4.78 is 5.43. The van der Waals surface area contributed by atoms with Crippen molar-refractivity contribution in [2.24, 2.45) is 0 Å². The van der Waals surface area contributed by atoms with Gasteiger partial charge in [-0.1, -0.05) is 31.2 Å². The molecule has 3 heteroatoms. The fourth-order valence-corrected chi connectivity index (χ4v) is 2.75. The fourth-order valence-electron chi connectivity index (χ4n) is 2.75. The van der Waals surface area contributed by atoms with Gasteiger partial charge in [0.2, 0.25) is 0 Å². The number of aromatic nitrogens is 1. The molecule has 21 heavy (non-hydrogen) atoms. The van der Waals surface area contributed by atoms with Crippen LogP contribution in [0.15, 0.2) is 30.5 Å². The summed E-state index contributed by atoms with van der Waals surface area (Å²) in [5.41, 5.74) is 5.08. The van der Waals surface area contributed by atoms with Crippen LogP contribution in [0.4, 0.5) is 0 Å². The van der Waals surface area contributed by atoms with Crippen LogP contribution in [0, 0.1) is 13.8 Å². The lowest BCUT2D eigenvalue weighted by atomic mass is 9.96. The lowest BCUT2D eigenvalue weighted by Gasteiger charge is -2.17. The summed E-state index contributed by atoms with van der Waals surface area (Å²) in [6.07, 6.45) is 2.68. The van der Waals surface area contributed by atoms with E-state index >= 15 is 0 Å². The second-order valence-corrected chi connectivity index (χ2v) is 5.32. The molecule has 3 nitrogen and oxygen atoms in total. The second kappa shape index (κ2) is 6.72. The Labute approximate surface area is 126 Å². The molecule has 0 radical (unpaired) electrons. The number of aryl methyl sites for hydroxylation is 2. The highest BCUT2D eigenvalue weighted by atomic mass is 16.5. The van der Waals surface area contributed by atoms with Crippen molar-refractivity contribution >= 4 is 0 Å². The van der Waals surface area contributed by atoms with E-state index in [-0.39, 0.29) is 0 Å². The number of aliphatic hydroxyl groups excluding tert-OH is 1. The molecule has 1 aromatic carbocycles. The van der Waals surface area contributed by atoms with Crippen LogP contribution in [-0.2, 0) is 12.8 Å². The van der Waals surface area contributed by atoms with E-state index in [9.17, 15) is 5.11 Å². The molecule has 0 fully saturated rings. The quantitative estimate of drug-likeness (QED) is 0.913. The van der Waals surface area contributed by atoms with Gasteiger partial charge in [-0.15, -0.1) is 0 Å². The Hall–Kier alpha value is -1.87.